The van der Waals surface area contributed by atoms with Gasteiger partial charge in [-0.05, 0) is 46.1 Å². The number of hydrogen-bond acceptors (Lipinski definition) is 4. The molecule has 0 aromatic carbocycles. The van der Waals surface area contributed by atoms with E-state index in [9.17, 15) is 14.4 Å². The van der Waals surface area contributed by atoms with Gasteiger partial charge in [-0.15, -0.1) is 0 Å². The standard InChI is InChI=1S/C18H26N2O4/c1-6-24-18(23)15-10(2)14(11(3)19-15)16(21)12(4)20(5)17(22)13-8-7-9-13/h12-13,19H,6-9H2,1-5H3/t12-/m0/s1. The Morgan fingerprint density at radius 2 is 1.92 bits per heavy atom. The van der Waals surface area contributed by atoms with E-state index in [0.29, 0.717) is 22.5 Å². The summed E-state index contributed by atoms with van der Waals surface area (Å²) >= 11 is 0. The number of nitrogens with one attached hydrogen (secondary N) is 1. The van der Waals surface area contributed by atoms with Gasteiger partial charge in [0.15, 0.2) is 5.78 Å². The minimum atomic E-state index is -0.568. The fraction of sp³-hybridized carbons (Fsp3) is 0.611. The lowest BCUT2D eigenvalue weighted by Gasteiger charge is -2.32. The third kappa shape index (κ3) is 3.23. The van der Waals surface area contributed by atoms with Crippen molar-refractivity contribution in [3.63, 3.8) is 0 Å². The van der Waals surface area contributed by atoms with Crippen molar-refractivity contribution in [2.45, 2.75) is 53.0 Å². The van der Waals surface area contributed by atoms with Crippen molar-refractivity contribution >= 4 is 17.7 Å². The van der Waals surface area contributed by atoms with E-state index in [4.69, 9.17) is 4.74 Å². The van der Waals surface area contributed by atoms with Gasteiger partial charge in [-0.2, -0.15) is 0 Å². The number of rotatable bonds is 6. The van der Waals surface area contributed by atoms with Crippen LogP contribution in [0.25, 0.3) is 0 Å². The molecule has 1 heterocycles. The second kappa shape index (κ2) is 7.20. The average Bonchev–Trinajstić information content (AvgIpc) is 2.78. The quantitative estimate of drug-likeness (QED) is 0.641. The Morgan fingerprint density at radius 3 is 2.42 bits per heavy atom. The van der Waals surface area contributed by atoms with Gasteiger partial charge in [-0.3, -0.25) is 9.59 Å². The highest BCUT2D eigenvalue weighted by Crippen LogP contribution is 2.29. The van der Waals surface area contributed by atoms with Gasteiger partial charge in [0, 0.05) is 24.2 Å². The summed E-state index contributed by atoms with van der Waals surface area (Å²) in [7, 11) is 1.67. The van der Waals surface area contributed by atoms with Crippen molar-refractivity contribution in [1.29, 1.82) is 0 Å². The fourth-order valence-electron chi connectivity index (χ4n) is 3.05. The lowest BCUT2D eigenvalue weighted by molar-refractivity contribution is -0.137. The normalized spacial score (nSPS) is 15.5. The smallest absolute Gasteiger partial charge is 0.355 e. The highest BCUT2D eigenvalue weighted by Gasteiger charge is 2.34. The highest BCUT2D eigenvalue weighted by atomic mass is 16.5. The van der Waals surface area contributed by atoms with E-state index in [2.05, 4.69) is 4.98 Å². The summed E-state index contributed by atoms with van der Waals surface area (Å²) in [4.78, 5) is 41.7. The molecule has 6 heteroatoms. The fourth-order valence-corrected chi connectivity index (χ4v) is 3.05. The molecule has 0 saturated heterocycles. The molecule has 1 aromatic rings. The van der Waals surface area contributed by atoms with E-state index >= 15 is 0 Å². The van der Waals surface area contributed by atoms with Gasteiger partial charge in [0.2, 0.25) is 5.91 Å². The zero-order valence-electron chi connectivity index (χ0n) is 15.1. The number of Topliss-reactive ketones (excluding diaryl/α,β-unsaturated/α-hetero) is 1. The number of ketones is 1. The number of aromatic amines is 1. The number of hydrogen-bond donors (Lipinski definition) is 1. The zero-order chi connectivity index (χ0) is 18.0. The van der Waals surface area contributed by atoms with Gasteiger partial charge in [-0.1, -0.05) is 6.42 Å². The summed E-state index contributed by atoms with van der Waals surface area (Å²) in [6, 6.07) is -0.568. The van der Waals surface area contributed by atoms with Crippen LogP contribution >= 0.6 is 0 Å². The van der Waals surface area contributed by atoms with Crippen LogP contribution in [0, 0.1) is 19.8 Å². The molecule has 1 saturated carbocycles. The Bertz CT molecular complexity index is 658. The molecule has 1 N–H and O–H groups in total. The van der Waals surface area contributed by atoms with Gasteiger partial charge in [0.25, 0.3) is 0 Å². The Kier molecular flexibility index (Phi) is 5.47. The van der Waals surface area contributed by atoms with E-state index in [1.807, 2.05) is 0 Å². The molecule has 1 fully saturated rings. The molecule has 24 heavy (non-hydrogen) atoms. The second-order valence-electron chi connectivity index (χ2n) is 6.46. The molecule has 1 atom stereocenters. The number of carbonyl (C=O) groups is 3. The van der Waals surface area contributed by atoms with E-state index in [-0.39, 0.29) is 24.2 Å². The molecule has 0 radical (unpaired) electrons. The molecule has 132 valence electrons. The summed E-state index contributed by atoms with van der Waals surface area (Å²) < 4.78 is 5.01. The molecule has 2 rings (SSSR count). The van der Waals surface area contributed by atoms with Crippen LogP contribution in [0.4, 0.5) is 0 Å². The molecule has 1 amide bonds. The van der Waals surface area contributed by atoms with Crippen LogP contribution in [-0.2, 0) is 9.53 Å². The molecule has 0 bridgehead atoms. The highest BCUT2D eigenvalue weighted by molar-refractivity contribution is 6.06. The first-order valence-corrected chi connectivity index (χ1v) is 8.46. The van der Waals surface area contributed by atoms with Crippen molar-refractivity contribution in [3.05, 3.63) is 22.5 Å². The number of esters is 1. The minimum absolute atomic E-state index is 0.0264. The number of carbonyl (C=O) groups excluding carboxylic acids is 3. The summed E-state index contributed by atoms with van der Waals surface area (Å²) in [5.74, 6) is -0.553. The maximum atomic E-state index is 12.9. The lowest BCUT2D eigenvalue weighted by Crippen LogP contribution is -2.45. The minimum Gasteiger partial charge on any atom is -0.461 e. The van der Waals surface area contributed by atoms with Crippen LogP contribution in [0.5, 0.6) is 0 Å². The number of aryl methyl sites for hydroxylation is 1. The van der Waals surface area contributed by atoms with Crippen LogP contribution in [0.15, 0.2) is 0 Å². The zero-order valence-corrected chi connectivity index (χ0v) is 15.1. The predicted molar refractivity (Wildman–Crippen MR) is 90.1 cm³/mol. The molecule has 0 aliphatic heterocycles. The van der Waals surface area contributed by atoms with Crippen LogP contribution in [0.1, 0.15) is 65.2 Å². The summed E-state index contributed by atoms with van der Waals surface area (Å²) in [5.41, 5.74) is 1.97. The van der Waals surface area contributed by atoms with E-state index < -0.39 is 12.0 Å². The van der Waals surface area contributed by atoms with Crippen molar-refractivity contribution in [2.75, 3.05) is 13.7 Å². The third-order valence-electron chi connectivity index (χ3n) is 4.93. The maximum absolute atomic E-state index is 12.9. The molecule has 0 spiro atoms. The monoisotopic (exact) mass is 334 g/mol. The maximum Gasteiger partial charge on any atom is 0.355 e. The Balaban J connectivity index is 2.22. The van der Waals surface area contributed by atoms with E-state index in [1.54, 1.807) is 34.7 Å². The number of amides is 1. The van der Waals surface area contributed by atoms with Crippen molar-refractivity contribution in [3.8, 4) is 0 Å². The summed E-state index contributed by atoms with van der Waals surface area (Å²) in [6.45, 7) is 7.22. The molecular weight excluding hydrogens is 308 g/mol. The number of nitrogens with zero attached hydrogens (tertiary/aromatic N) is 1. The van der Waals surface area contributed by atoms with Crippen LogP contribution < -0.4 is 0 Å². The third-order valence-corrected chi connectivity index (χ3v) is 4.93. The Morgan fingerprint density at radius 1 is 1.29 bits per heavy atom. The van der Waals surface area contributed by atoms with Gasteiger partial charge in [0.05, 0.1) is 12.6 Å². The first-order chi connectivity index (χ1) is 11.3. The molecule has 0 unspecified atom stereocenters. The Hall–Kier alpha value is -2.11. The molecule has 6 nitrogen and oxygen atoms in total. The Labute approximate surface area is 142 Å². The van der Waals surface area contributed by atoms with Gasteiger partial charge in [0.1, 0.15) is 5.69 Å². The van der Waals surface area contributed by atoms with Crippen molar-refractivity contribution in [2.24, 2.45) is 5.92 Å². The average molecular weight is 334 g/mol. The summed E-state index contributed by atoms with van der Waals surface area (Å²) in [6.07, 6.45) is 2.88. The van der Waals surface area contributed by atoms with Crippen LogP contribution in [0.2, 0.25) is 0 Å². The number of ether oxygens (including phenoxy) is 1. The largest absolute Gasteiger partial charge is 0.461 e. The molecular formula is C18H26N2O4. The lowest BCUT2D eigenvalue weighted by atomic mass is 9.84. The SMILES string of the molecule is CCOC(=O)c1[nH]c(C)c(C(=O)[C@H](C)N(C)C(=O)C2CCC2)c1C. The molecule has 1 aliphatic rings. The van der Waals surface area contributed by atoms with Crippen LogP contribution in [0.3, 0.4) is 0 Å². The number of likely N-dealkylation sites (N-methyl/N-ethyl adjacent to an activating group) is 1. The van der Waals surface area contributed by atoms with Gasteiger partial charge < -0.3 is 14.6 Å². The summed E-state index contributed by atoms with van der Waals surface area (Å²) in [5, 5.41) is 0. The first-order valence-electron chi connectivity index (χ1n) is 8.46. The van der Waals surface area contributed by atoms with E-state index in [0.717, 1.165) is 19.3 Å². The topological polar surface area (TPSA) is 79.5 Å². The van der Waals surface area contributed by atoms with Gasteiger partial charge in [-0.25, -0.2) is 4.79 Å². The number of H-pyrrole nitrogens is 1. The predicted octanol–water partition coefficient (Wildman–Crippen LogP) is 2.64. The first kappa shape index (κ1) is 18.2. The van der Waals surface area contributed by atoms with Crippen molar-refractivity contribution < 1.29 is 19.1 Å². The van der Waals surface area contributed by atoms with Crippen molar-refractivity contribution in [1.82, 2.24) is 9.88 Å². The van der Waals surface area contributed by atoms with E-state index in [1.165, 1.54) is 4.90 Å². The molecule has 1 aliphatic carbocycles. The second-order valence-corrected chi connectivity index (χ2v) is 6.46. The van der Waals surface area contributed by atoms with Crippen LogP contribution in [-0.4, -0.2) is 47.2 Å². The van der Waals surface area contributed by atoms with Gasteiger partial charge >= 0.3 is 5.97 Å². The number of aromatic nitrogens is 1. The molecule has 1 aromatic heterocycles.